The Balaban J connectivity index is 0.0000122. The molecule has 2 N–H and O–H groups in total. The summed E-state index contributed by atoms with van der Waals surface area (Å²) in [7, 11) is 1.85. The van der Waals surface area contributed by atoms with Gasteiger partial charge in [-0.1, -0.05) is 33.9 Å². The minimum Gasteiger partial charge on any atom is -0.349 e. The second kappa shape index (κ2) is 18.5. The molecule has 0 aliphatic heterocycles. The topological polar surface area (TPSA) is 61.4 Å². The number of benzene rings is 1. The molecule has 0 aromatic heterocycles. The Morgan fingerprint density at radius 3 is 2.33 bits per heavy atom. The van der Waals surface area contributed by atoms with Gasteiger partial charge in [-0.2, -0.15) is 0 Å². The predicted octanol–water partition coefficient (Wildman–Crippen LogP) is 6.32. The Bertz CT molecular complexity index is 891. The van der Waals surface area contributed by atoms with E-state index >= 15 is 0 Å². The molecule has 7 heteroatoms. The van der Waals surface area contributed by atoms with Gasteiger partial charge in [0.2, 0.25) is 0 Å². The number of nitrogens with zero attached hydrogens (tertiary/aromatic N) is 1. The molecular weight excluding hydrogens is 460 g/mol. The molecule has 0 saturated carbocycles. The highest BCUT2D eigenvalue weighted by Gasteiger charge is 2.19. The number of allylic oxidation sites excluding steroid dienone is 4. The maximum Gasteiger partial charge on any atom is 0.253 e. The van der Waals surface area contributed by atoms with Gasteiger partial charge in [0.05, 0.1) is 0 Å². The largest absolute Gasteiger partial charge is 0.349 e. The molecule has 36 heavy (non-hydrogen) atoms. The molecule has 0 fully saturated rings. The molecule has 0 saturated heterocycles. The first-order valence-corrected chi connectivity index (χ1v) is 12.4. The van der Waals surface area contributed by atoms with E-state index < -0.39 is 12.5 Å². The van der Waals surface area contributed by atoms with Crippen LogP contribution in [0.25, 0.3) is 0 Å². The Morgan fingerprint density at radius 2 is 1.78 bits per heavy atom. The maximum atomic E-state index is 13.8. The number of carbonyl (C=O) groups is 2. The summed E-state index contributed by atoms with van der Waals surface area (Å²) in [5.74, 6) is -1.05. The summed E-state index contributed by atoms with van der Waals surface area (Å²) in [5, 5.41) is 6.12. The monoisotopic (exact) mass is 505 g/mol. The Kier molecular flexibility index (Phi) is 17.0. The number of hydrogen-bond acceptors (Lipinski definition) is 3. The van der Waals surface area contributed by atoms with E-state index in [1.165, 1.54) is 12.2 Å². The van der Waals surface area contributed by atoms with Crippen LogP contribution in [0.1, 0.15) is 79.7 Å². The van der Waals surface area contributed by atoms with Gasteiger partial charge in [-0.3, -0.25) is 9.59 Å². The van der Waals surface area contributed by atoms with Crippen LogP contribution in [0.2, 0.25) is 0 Å². The zero-order chi connectivity index (χ0) is 26.2. The highest BCUT2D eigenvalue weighted by molar-refractivity contribution is 6.00. The molecule has 0 bridgehead atoms. The minimum absolute atomic E-state index is 0. The van der Waals surface area contributed by atoms with Crippen LogP contribution >= 0.6 is 0 Å². The molecule has 2 amide bonds. The summed E-state index contributed by atoms with van der Waals surface area (Å²) >= 11 is 0. The lowest BCUT2D eigenvalue weighted by Crippen LogP contribution is -2.36. The third-order valence-corrected chi connectivity index (χ3v) is 5.52. The molecule has 5 nitrogen and oxygen atoms in total. The molecule has 0 aliphatic carbocycles. The van der Waals surface area contributed by atoms with E-state index in [4.69, 9.17) is 0 Å². The molecule has 1 aromatic rings. The quantitative estimate of drug-likeness (QED) is 0.204. The van der Waals surface area contributed by atoms with Gasteiger partial charge in [-0.05, 0) is 94.1 Å². The van der Waals surface area contributed by atoms with Crippen LogP contribution in [-0.2, 0) is 0 Å². The fourth-order valence-electron chi connectivity index (χ4n) is 3.89. The van der Waals surface area contributed by atoms with Crippen molar-refractivity contribution < 1.29 is 18.4 Å². The fourth-order valence-corrected chi connectivity index (χ4v) is 3.89. The standard InChI is InChI=1S/C28H41F2N3O2.CH4/c1-6-14-33(15-7-2)28(35)24-17-21(4)16-23(20-24)27(34)32-26(10-9-13-31-5)19-22(8-3)18-25(30)11-12-29;/h8,11,16-18,20,26,31H,3,6-7,9-10,12-15,19H2,1-2,4-5H3,(H,32,34);1H4/b22-18+,25-11+;. The van der Waals surface area contributed by atoms with Gasteiger partial charge in [-0.15, -0.1) is 0 Å². The second-order valence-electron chi connectivity index (χ2n) is 8.67. The van der Waals surface area contributed by atoms with E-state index in [2.05, 4.69) is 17.2 Å². The van der Waals surface area contributed by atoms with Crippen molar-refractivity contribution in [1.82, 2.24) is 15.5 Å². The Hall–Kier alpha value is -2.80. The molecule has 1 atom stereocenters. The average Bonchev–Trinajstić information content (AvgIpc) is 2.82. The number of amides is 2. The molecular formula is C29H45F2N3O2. The van der Waals surface area contributed by atoms with E-state index in [0.29, 0.717) is 42.6 Å². The zero-order valence-corrected chi connectivity index (χ0v) is 21.6. The molecule has 0 radical (unpaired) electrons. The highest BCUT2D eigenvalue weighted by atomic mass is 19.1. The lowest BCUT2D eigenvalue weighted by molar-refractivity contribution is 0.0755. The van der Waals surface area contributed by atoms with Crippen molar-refractivity contribution in [3.05, 3.63) is 71.1 Å². The molecule has 0 spiro atoms. The summed E-state index contributed by atoms with van der Waals surface area (Å²) in [5.41, 5.74) is 2.30. The van der Waals surface area contributed by atoms with Crippen molar-refractivity contribution >= 4 is 11.8 Å². The summed E-state index contributed by atoms with van der Waals surface area (Å²) in [6.45, 7) is 10.9. The first kappa shape index (κ1) is 33.2. The number of aryl methyl sites for hydroxylation is 1. The predicted molar refractivity (Wildman–Crippen MR) is 147 cm³/mol. The lowest BCUT2D eigenvalue weighted by atomic mass is 9.99. The van der Waals surface area contributed by atoms with Gasteiger partial charge in [0.25, 0.3) is 11.8 Å². The number of nitrogens with one attached hydrogen (secondary N) is 2. The Morgan fingerprint density at radius 1 is 1.14 bits per heavy atom. The first-order valence-electron chi connectivity index (χ1n) is 12.4. The van der Waals surface area contributed by atoms with Gasteiger partial charge in [0.1, 0.15) is 12.5 Å². The van der Waals surface area contributed by atoms with Gasteiger partial charge in [0.15, 0.2) is 0 Å². The molecule has 0 heterocycles. The number of hydrogen-bond donors (Lipinski definition) is 2. The fraction of sp³-hybridized carbons (Fsp3) is 0.517. The van der Waals surface area contributed by atoms with Gasteiger partial charge < -0.3 is 15.5 Å². The zero-order valence-electron chi connectivity index (χ0n) is 21.6. The van der Waals surface area contributed by atoms with E-state index in [0.717, 1.165) is 37.4 Å². The number of carbonyl (C=O) groups excluding carboxylic acids is 2. The average molecular weight is 506 g/mol. The van der Waals surface area contributed by atoms with Crippen LogP contribution in [0.3, 0.4) is 0 Å². The third-order valence-electron chi connectivity index (χ3n) is 5.52. The molecule has 202 valence electrons. The number of halogens is 2. The van der Waals surface area contributed by atoms with Crippen LogP contribution in [0.5, 0.6) is 0 Å². The molecule has 1 aromatic carbocycles. The van der Waals surface area contributed by atoms with Crippen LogP contribution in [0, 0.1) is 6.92 Å². The van der Waals surface area contributed by atoms with Gasteiger partial charge in [-0.25, -0.2) is 8.78 Å². The number of alkyl halides is 1. The summed E-state index contributed by atoms with van der Waals surface area (Å²) in [6, 6.07) is 4.92. The Labute approximate surface area is 216 Å². The van der Waals surface area contributed by atoms with E-state index in [9.17, 15) is 18.4 Å². The number of rotatable bonds is 16. The molecule has 1 unspecified atom stereocenters. The van der Waals surface area contributed by atoms with Crippen LogP contribution in [0.4, 0.5) is 8.78 Å². The van der Waals surface area contributed by atoms with Crippen LogP contribution < -0.4 is 10.6 Å². The van der Waals surface area contributed by atoms with Crippen molar-refractivity contribution in [1.29, 1.82) is 0 Å². The third kappa shape index (κ3) is 11.8. The second-order valence-corrected chi connectivity index (χ2v) is 8.67. The van der Waals surface area contributed by atoms with Gasteiger partial charge in [0, 0.05) is 30.3 Å². The molecule has 1 rings (SSSR count). The molecule has 0 aliphatic rings. The summed E-state index contributed by atoms with van der Waals surface area (Å²) in [4.78, 5) is 28.1. The maximum absolute atomic E-state index is 13.8. The smallest absolute Gasteiger partial charge is 0.253 e. The van der Waals surface area contributed by atoms with Gasteiger partial charge >= 0.3 is 0 Å². The SMILES string of the molecule is C.C=C/C(=C\C(F)=C/CF)CC(CCCNC)NC(=O)c1cc(C)cc(C(=O)N(CCC)CCC)c1. The summed E-state index contributed by atoms with van der Waals surface area (Å²) < 4.78 is 26.2. The van der Waals surface area contributed by atoms with Crippen molar-refractivity contribution in [2.75, 3.05) is 33.4 Å². The van der Waals surface area contributed by atoms with E-state index in [1.54, 1.807) is 18.2 Å². The minimum atomic E-state index is -0.891. The van der Waals surface area contributed by atoms with Crippen LogP contribution in [-0.4, -0.2) is 56.1 Å². The van der Waals surface area contributed by atoms with Crippen molar-refractivity contribution in [3.8, 4) is 0 Å². The van der Waals surface area contributed by atoms with E-state index in [-0.39, 0.29) is 25.3 Å². The normalized spacial score (nSPS) is 12.5. The summed E-state index contributed by atoms with van der Waals surface area (Å²) in [6.07, 6.45) is 7.14. The van der Waals surface area contributed by atoms with Crippen molar-refractivity contribution in [2.24, 2.45) is 0 Å². The van der Waals surface area contributed by atoms with Crippen molar-refractivity contribution in [2.45, 2.75) is 66.3 Å². The lowest BCUT2D eigenvalue weighted by Gasteiger charge is -2.22. The van der Waals surface area contributed by atoms with Crippen LogP contribution in [0.15, 0.2) is 54.4 Å². The van der Waals surface area contributed by atoms with Crippen molar-refractivity contribution in [3.63, 3.8) is 0 Å². The highest BCUT2D eigenvalue weighted by Crippen LogP contribution is 2.17. The van der Waals surface area contributed by atoms with E-state index in [1.807, 2.05) is 32.7 Å². The first-order chi connectivity index (χ1) is 16.8.